The first kappa shape index (κ1) is 16.7. The van der Waals surface area contributed by atoms with Crippen LogP contribution in [0.15, 0.2) is 0 Å². The molecule has 8 heteroatoms. The Labute approximate surface area is 114 Å². The van der Waals surface area contributed by atoms with Crippen molar-refractivity contribution >= 4 is 11.9 Å². The van der Waals surface area contributed by atoms with Crippen LogP contribution >= 0.6 is 0 Å². The second-order valence-corrected chi connectivity index (χ2v) is 5.35. The van der Waals surface area contributed by atoms with Crippen LogP contribution in [0.3, 0.4) is 0 Å². The van der Waals surface area contributed by atoms with Gasteiger partial charge in [-0.25, -0.2) is 4.79 Å². The van der Waals surface area contributed by atoms with E-state index in [0.29, 0.717) is 6.92 Å². The number of amides is 1. The number of aliphatic carboxylic acids is 1. The standard InChI is InChI=1S/C12H18F3NO4/c1-5-6(2)20-7(3)8(5)9(17)16-11(4,10(18)19)12(13,14)15/h5-8H,1-4H3,(H,16,17)(H,18,19). The van der Waals surface area contributed by atoms with Crippen LogP contribution in [0.5, 0.6) is 0 Å². The lowest BCUT2D eigenvalue weighted by molar-refractivity contribution is -0.207. The lowest BCUT2D eigenvalue weighted by Gasteiger charge is -2.30. The van der Waals surface area contributed by atoms with Gasteiger partial charge >= 0.3 is 12.1 Å². The predicted molar refractivity (Wildman–Crippen MR) is 62.9 cm³/mol. The molecule has 5 unspecified atom stereocenters. The highest BCUT2D eigenvalue weighted by Crippen LogP contribution is 2.35. The molecular weight excluding hydrogens is 279 g/mol. The van der Waals surface area contributed by atoms with Crippen molar-refractivity contribution in [2.45, 2.75) is 51.6 Å². The number of carboxylic acids is 1. The molecule has 1 aliphatic rings. The third kappa shape index (κ3) is 2.74. The summed E-state index contributed by atoms with van der Waals surface area (Å²) in [5.74, 6) is -4.22. The summed E-state index contributed by atoms with van der Waals surface area (Å²) in [6.07, 6.45) is -5.93. The van der Waals surface area contributed by atoms with Gasteiger partial charge in [-0.05, 0) is 26.7 Å². The van der Waals surface area contributed by atoms with Crippen LogP contribution in [0.25, 0.3) is 0 Å². The van der Waals surface area contributed by atoms with Crippen LogP contribution < -0.4 is 5.32 Å². The molecule has 5 nitrogen and oxygen atoms in total. The average Bonchev–Trinajstić information content (AvgIpc) is 2.50. The number of carbonyl (C=O) groups is 2. The lowest BCUT2D eigenvalue weighted by Crippen LogP contribution is -2.63. The molecule has 116 valence electrons. The van der Waals surface area contributed by atoms with E-state index in [2.05, 4.69) is 0 Å². The SMILES string of the molecule is CC1OC(C)C(C(=O)NC(C)(C(=O)O)C(F)(F)F)C1C. The first-order valence-corrected chi connectivity index (χ1v) is 6.19. The van der Waals surface area contributed by atoms with E-state index in [1.807, 2.05) is 0 Å². The summed E-state index contributed by atoms with van der Waals surface area (Å²) in [6, 6.07) is 0. The third-order valence-corrected chi connectivity index (χ3v) is 3.91. The fraction of sp³-hybridized carbons (Fsp3) is 0.833. The molecule has 1 amide bonds. The normalized spacial score (nSPS) is 33.5. The molecule has 1 aliphatic heterocycles. The van der Waals surface area contributed by atoms with Crippen molar-refractivity contribution in [2.24, 2.45) is 11.8 Å². The van der Waals surface area contributed by atoms with Gasteiger partial charge in [-0.2, -0.15) is 13.2 Å². The zero-order valence-corrected chi connectivity index (χ0v) is 11.6. The number of nitrogens with one attached hydrogen (secondary N) is 1. The maximum atomic E-state index is 12.8. The molecule has 0 saturated carbocycles. The smallest absolute Gasteiger partial charge is 0.422 e. The zero-order valence-electron chi connectivity index (χ0n) is 11.6. The van der Waals surface area contributed by atoms with E-state index in [1.165, 1.54) is 0 Å². The van der Waals surface area contributed by atoms with Crippen LogP contribution in [0, 0.1) is 11.8 Å². The Bertz CT molecular complexity index is 412. The van der Waals surface area contributed by atoms with Crippen molar-refractivity contribution in [3.8, 4) is 0 Å². The van der Waals surface area contributed by atoms with Gasteiger partial charge in [0.05, 0.1) is 18.1 Å². The second-order valence-electron chi connectivity index (χ2n) is 5.35. The van der Waals surface area contributed by atoms with Crippen LogP contribution in [-0.2, 0) is 14.3 Å². The van der Waals surface area contributed by atoms with Crippen molar-refractivity contribution in [1.82, 2.24) is 5.32 Å². The van der Waals surface area contributed by atoms with E-state index in [4.69, 9.17) is 9.84 Å². The molecule has 5 atom stereocenters. The van der Waals surface area contributed by atoms with Gasteiger partial charge < -0.3 is 15.2 Å². The Hall–Kier alpha value is -1.31. The molecule has 0 aromatic rings. The van der Waals surface area contributed by atoms with Crippen molar-refractivity contribution in [3.05, 3.63) is 0 Å². The number of alkyl halides is 3. The van der Waals surface area contributed by atoms with Crippen LogP contribution in [-0.4, -0.2) is 40.9 Å². The van der Waals surface area contributed by atoms with Gasteiger partial charge in [-0.3, -0.25) is 4.79 Å². The van der Waals surface area contributed by atoms with Crippen LogP contribution in [0.2, 0.25) is 0 Å². The number of carbonyl (C=O) groups excluding carboxylic acids is 1. The van der Waals surface area contributed by atoms with Crippen molar-refractivity contribution < 1.29 is 32.6 Å². The Morgan fingerprint density at radius 2 is 1.65 bits per heavy atom. The second kappa shape index (κ2) is 5.23. The highest BCUT2D eigenvalue weighted by atomic mass is 19.4. The molecule has 1 rings (SSSR count). The summed E-state index contributed by atoms with van der Waals surface area (Å²) >= 11 is 0. The Morgan fingerprint density at radius 1 is 1.15 bits per heavy atom. The summed E-state index contributed by atoms with van der Waals surface area (Å²) < 4.78 is 43.9. The molecule has 20 heavy (non-hydrogen) atoms. The van der Waals surface area contributed by atoms with Gasteiger partial charge in [-0.1, -0.05) is 6.92 Å². The van der Waals surface area contributed by atoms with Crippen molar-refractivity contribution in [3.63, 3.8) is 0 Å². The molecular formula is C12H18F3NO4. The maximum absolute atomic E-state index is 12.8. The van der Waals surface area contributed by atoms with Gasteiger partial charge in [0.2, 0.25) is 11.4 Å². The van der Waals surface area contributed by atoms with Crippen LogP contribution in [0.4, 0.5) is 13.2 Å². The Morgan fingerprint density at radius 3 is 1.95 bits per heavy atom. The van der Waals surface area contributed by atoms with E-state index >= 15 is 0 Å². The first-order valence-electron chi connectivity index (χ1n) is 6.19. The lowest BCUT2D eigenvalue weighted by atomic mass is 9.87. The molecule has 1 saturated heterocycles. The van der Waals surface area contributed by atoms with E-state index in [0.717, 1.165) is 0 Å². The van der Waals surface area contributed by atoms with Gasteiger partial charge in [0.25, 0.3) is 0 Å². The molecule has 2 N–H and O–H groups in total. The van der Waals surface area contributed by atoms with Crippen molar-refractivity contribution in [1.29, 1.82) is 0 Å². The molecule has 0 aromatic carbocycles. The predicted octanol–water partition coefficient (Wildman–Crippen LogP) is 1.57. The summed E-state index contributed by atoms with van der Waals surface area (Å²) in [6.45, 7) is 5.41. The van der Waals surface area contributed by atoms with Gasteiger partial charge in [-0.15, -0.1) is 0 Å². The number of carboxylic acid groups (broad SMARTS) is 1. The fourth-order valence-electron chi connectivity index (χ4n) is 2.29. The first-order chi connectivity index (χ1) is 8.91. The number of rotatable bonds is 3. The van der Waals surface area contributed by atoms with E-state index in [1.54, 1.807) is 26.1 Å². The topological polar surface area (TPSA) is 75.6 Å². The molecule has 1 heterocycles. The number of hydrogen-bond donors (Lipinski definition) is 2. The number of ether oxygens (including phenoxy) is 1. The quantitative estimate of drug-likeness (QED) is 0.829. The van der Waals surface area contributed by atoms with E-state index in [9.17, 15) is 22.8 Å². The van der Waals surface area contributed by atoms with E-state index in [-0.39, 0.29) is 12.0 Å². The summed E-state index contributed by atoms with van der Waals surface area (Å²) in [7, 11) is 0. The minimum absolute atomic E-state index is 0.275. The van der Waals surface area contributed by atoms with Gasteiger partial charge in [0.15, 0.2) is 0 Å². The zero-order chi connectivity index (χ0) is 15.9. The molecule has 0 radical (unpaired) electrons. The Kier molecular flexibility index (Phi) is 4.38. The average molecular weight is 297 g/mol. The monoisotopic (exact) mass is 297 g/mol. The minimum atomic E-state index is -5.09. The number of hydrogen-bond acceptors (Lipinski definition) is 3. The highest BCUT2D eigenvalue weighted by Gasteiger charge is 2.59. The molecule has 0 spiro atoms. The third-order valence-electron chi connectivity index (χ3n) is 3.91. The molecule has 0 aliphatic carbocycles. The minimum Gasteiger partial charge on any atom is -0.479 e. The fourth-order valence-corrected chi connectivity index (χ4v) is 2.29. The van der Waals surface area contributed by atoms with E-state index < -0.39 is 35.6 Å². The van der Waals surface area contributed by atoms with Crippen LogP contribution in [0.1, 0.15) is 27.7 Å². The highest BCUT2D eigenvalue weighted by molar-refractivity contribution is 5.89. The van der Waals surface area contributed by atoms with Gasteiger partial charge in [0, 0.05) is 0 Å². The summed E-state index contributed by atoms with van der Waals surface area (Å²) in [4.78, 5) is 22.9. The maximum Gasteiger partial charge on any atom is 0.422 e. The largest absolute Gasteiger partial charge is 0.479 e. The summed E-state index contributed by atoms with van der Waals surface area (Å²) in [5.41, 5.74) is -3.31. The number of halogens is 3. The molecule has 0 bridgehead atoms. The molecule has 0 aromatic heterocycles. The van der Waals surface area contributed by atoms with Crippen molar-refractivity contribution in [2.75, 3.05) is 0 Å². The van der Waals surface area contributed by atoms with Gasteiger partial charge in [0.1, 0.15) is 0 Å². The summed E-state index contributed by atoms with van der Waals surface area (Å²) in [5, 5.41) is 10.4. The Balaban J connectivity index is 2.96. The molecule has 1 fully saturated rings.